The van der Waals surface area contributed by atoms with Crippen molar-refractivity contribution in [3.8, 4) is 5.75 Å². The monoisotopic (exact) mass is 366 g/mol. The molecule has 0 unspecified atom stereocenters. The van der Waals surface area contributed by atoms with Gasteiger partial charge in [-0.2, -0.15) is 4.31 Å². The lowest BCUT2D eigenvalue weighted by Gasteiger charge is -2.39. The highest BCUT2D eigenvalue weighted by atomic mass is 32.2. The fraction of sp³-hybridized carbons (Fsp3) is 0.611. The van der Waals surface area contributed by atoms with Crippen LogP contribution in [0.2, 0.25) is 0 Å². The van der Waals surface area contributed by atoms with Gasteiger partial charge in [-0.25, -0.2) is 8.42 Å². The van der Waals surface area contributed by atoms with Crippen molar-refractivity contribution in [2.24, 2.45) is 5.41 Å². The van der Waals surface area contributed by atoms with E-state index in [0.717, 1.165) is 32.4 Å². The van der Waals surface area contributed by atoms with Gasteiger partial charge >= 0.3 is 0 Å². The topological polar surface area (TPSA) is 66.9 Å². The van der Waals surface area contributed by atoms with E-state index in [1.807, 2.05) is 4.90 Å². The van der Waals surface area contributed by atoms with Crippen LogP contribution in [0, 0.1) is 5.41 Å². The number of carbonyl (C=O) groups excluding carboxylic acids is 1. The maximum absolute atomic E-state index is 13.0. The average Bonchev–Trinajstić information content (AvgIpc) is 3.05. The number of ether oxygens (including phenoxy) is 1. The third-order valence-corrected chi connectivity index (χ3v) is 7.16. The van der Waals surface area contributed by atoms with Crippen LogP contribution in [-0.2, 0) is 14.8 Å². The van der Waals surface area contributed by atoms with E-state index >= 15 is 0 Å². The van der Waals surface area contributed by atoms with Gasteiger partial charge in [0.25, 0.3) is 0 Å². The van der Waals surface area contributed by atoms with Crippen LogP contribution in [0.5, 0.6) is 5.75 Å². The van der Waals surface area contributed by atoms with Crippen LogP contribution < -0.4 is 4.74 Å². The van der Waals surface area contributed by atoms with Gasteiger partial charge in [-0.05, 0) is 37.8 Å². The molecular weight excluding hydrogens is 340 g/mol. The number of hydrogen-bond acceptors (Lipinski definition) is 4. The molecule has 2 aliphatic heterocycles. The van der Waals surface area contributed by atoms with Crippen LogP contribution in [0.4, 0.5) is 0 Å². The number of carbonyl (C=O) groups is 1. The lowest BCUT2D eigenvalue weighted by atomic mass is 9.78. The van der Waals surface area contributed by atoms with Gasteiger partial charge in [0.15, 0.2) is 0 Å². The van der Waals surface area contributed by atoms with Crippen molar-refractivity contribution in [2.45, 2.75) is 37.5 Å². The first-order chi connectivity index (χ1) is 11.9. The largest absolute Gasteiger partial charge is 0.497 e. The summed E-state index contributed by atoms with van der Waals surface area (Å²) in [7, 11) is -2.10. The number of likely N-dealkylation sites (tertiary alicyclic amines) is 1. The van der Waals surface area contributed by atoms with Crippen molar-refractivity contribution in [3.05, 3.63) is 24.3 Å². The quantitative estimate of drug-likeness (QED) is 0.800. The normalized spacial score (nSPS) is 24.9. The standard InChI is InChI=1S/C18H26N2O4S/c1-3-10-19-11-5-8-18(17(19)21)9-12-20(14-18)25(22,23)16-7-4-6-15(13-16)24-2/h4,6-7,13H,3,5,8-12,14H2,1-2H3/t18-/m0/s1. The highest BCUT2D eigenvalue weighted by molar-refractivity contribution is 7.89. The van der Waals surface area contributed by atoms with E-state index in [1.54, 1.807) is 18.2 Å². The molecule has 1 amide bonds. The Morgan fingerprint density at radius 2 is 2.04 bits per heavy atom. The van der Waals surface area contributed by atoms with Gasteiger partial charge in [-0.3, -0.25) is 4.79 Å². The summed E-state index contributed by atoms with van der Waals surface area (Å²) in [5, 5.41) is 0. The lowest BCUT2D eigenvalue weighted by molar-refractivity contribution is -0.145. The second-order valence-electron chi connectivity index (χ2n) is 6.94. The van der Waals surface area contributed by atoms with Crippen LogP contribution in [0.1, 0.15) is 32.6 Å². The molecular formula is C18H26N2O4S. The first-order valence-electron chi connectivity index (χ1n) is 8.86. The first kappa shape index (κ1) is 18.2. The average molecular weight is 366 g/mol. The summed E-state index contributed by atoms with van der Waals surface area (Å²) >= 11 is 0. The molecule has 2 aliphatic rings. The Kier molecular flexibility index (Phi) is 5.06. The van der Waals surface area contributed by atoms with Gasteiger partial charge < -0.3 is 9.64 Å². The summed E-state index contributed by atoms with van der Waals surface area (Å²) in [6.45, 7) is 4.28. The van der Waals surface area contributed by atoms with E-state index < -0.39 is 15.4 Å². The summed E-state index contributed by atoms with van der Waals surface area (Å²) in [4.78, 5) is 15.1. The molecule has 1 spiro atoms. The molecule has 2 saturated heterocycles. The fourth-order valence-corrected chi connectivity index (χ4v) is 5.53. The van der Waals surface area contributed by atoms with Gasteiger partial charge in [0.05, 0.1) is 17.4 Å². The maximum Gasteiger partial charge on any atom is 0.243 e. The molecule has 7 heteroatoms. The molecule has 3 rings (SSSR count). The van der Waals surface area contributed by atoms with Gasteiger partial charge in [-0.15, -0.1) is 0 Å². The molecule has 1 aromatic rings. The number of benzene rings is 1. The Morgan fingerprint density at radius 3 is 2.76 bits per heavy atom. The second-order valence-corrected chi connectivity index (χ2v) is 8.88. The van der Waals surface area contributed by atoms with Crippen LogP contribution in [0.3, 0.4) is 0 Å². The Bertz CT molecular complexity index is 747. The molecule has 0 bridgehead atoms. The number of hydrogen-bond donors (Lipinski definition) is 0. The molecule has 0 N–H and O–H groups in total. The molecule has 6 nitrogen and oxygen atoms in total. The lowest BCUT2D eigenvalue weighted by Crippen LogP contribution is -2.50. The van der Waals surface area contributed by atoms with Crippen molar-refractivity contribution in [3.63, 3.8) is 0 Å². The number of methoxy groups -OCH3 is 1. The van der Waals surface area contributed by atoms with Crippen molar-refractivity contribution in [2.75, 3.05) is 33.3 Å². The fourth-order valence-electron chi connectivity index (χ4n) is 3.96. The molecule has 0 saturated carbocycles. The molecule has 2 heterocycles. The molecule has 1 aromatic carbocycles. The van der Waals surface area contributed by atoms with E-state index in [4.69, 9.17) is 4.74 Å². The third kappa shape index (κ3) is 3.27. The summed E-state index contributed by atoms with van der Waals surface area (Å²) in [6, 6.07) is 6.51. The number of nitrogens with zero attached hydrogens (tertiary/aromatic N) is 2. The van der Waals surface area contributed by atoms with Crippen molar-refractivity contribution in [1.82, 2.24) is 9.21 Å². The van der Waals surface area contributed by atoms with Gasteiger partial charge in [-0.1, -0.05) is 13.0 Å². The summed E-state index contributed by atoms with van der Waals surface area (Å²) in [5.41, 5.74) is -0.542. The summed E-state index contributed by atoms with van der Waals surface area (Å²) in [5.74, 6) is 0.641. The minimum atomic E-state index is -3.62. The highest BCUT2D eigenvalue weighted by Crippen LogP contribution is 2.42. The van der Waals surface area contributed by atoms with E-state index in [2.05, 4.69) is 6.92 Å². The number of piperidine rings is 1. The first-order valence-corrected chi connectivity index (χ1v) is 10.3. The summed E-state index contributed by atoms with van der Waals surface area (Å²) in [6.07, 6.45) is 3.25. The second kappa shape index (κ2) is 6.96. The summed E-state index contributed by atoms with van der Waals surface area (Å²) < 4.78 is 32.6. The minimum absolute atomic E-state index is 0.129. The molecule has 25 heavy (non-hydrogen) atoms. The molecule has 0 aromatic heterocycles. The van der Waals surface area contributed by atoms with Gasteiger partial charge in [0.2, 0.25) is 15.9 Å². The third-order valence-electron chi connectivity index (χ3n) is 5.32. The Hall–Kier alpha value is -1.60. The zero-order valence-corrected chi connectivity index (χ0v) is 15.7. The Morgan fingerprint density at radius 1 is 1.24 bits per heavy atom. The predicted molar refractivity (Wildman–Crippen MR) is 94.9 cm³/mol. The van der Waals surface area contributed by atoms with E-state index in [9.17, 15) is 13.2 Å². The zero-order valence-electron chi connectivity index (χ0n) is 14.9. The zero-order chi connectivity index (χ0) is 18.1. The van der Waals surface area contributed by atoms with E-state index in [-0.39, 0.29) is 17.3 Å². The van der Waals surface area contributed by atoms with Crippen molar-refractivity contribution >= 4 is 15.9 Å². The van der Waals surface area contributed by atoms with Gasteiger partial charge in [0.1, 0.15) is 5.75 Å². The maximum atomic E-state index is 13.0. The van der Waals surface area contributed by atoms with E-state index in [0.29, 0.717) is 18.7 Å². The van der Waals surface area contributed by atoms with Crippen LogP contribution >= 0.6 is 0 Å². The van der Waals surface area contributed by atoms with Gasteiger partial charge in [0, 0.05) is 32.2 Å². The van der Waals surface area contributed by atoms with Crippen LogP contribution in [0.25, 0.3) is 0 Å². The number of amides is 1. The number of sulfonamides is 1. The SMILES string of the molecule is CCCN1CCC[C@@]2(CCN(S(=O)(=O)c3cccc(OC)c3)C2)C1=O. The minimum Gasteiger partial charge on any atom is -0.497 e. The smallest absolute Gasteiger partial charge is 0.243 e. The molecule has 2 fully saturated rings. The Labute approximate surface area is 149 Å². The van der Waals surface area contributed by atoms with Crippen LogP contribution in [0.15, 0.2) is 29.2 Å². The molecule has 0 radical (unpaired) electrons. The molecule has 0 aliphatic carbocycles. The number of rotatable bonds is 5. The van der Waals surface area contributed by atoms with Crippen LogP contribution in [-0.4, -0.2) is 56.8 Å². The Balaban J connectivity index is 1.83. The molecule has 1 atom stereocenters. The van der Waals surface area contributed by atoms with E-state index in [1.165, 1.54) is 17.5 Å². The predicted octanol–water partition coefficient (Wildman–Crippen LogP) is 2.11. The molecule has 138 valence electrons. The van der Waals surface area contributed by atoms with Crippen molar-refractivity contribution in [1.29, 1.82) is 0 Å². The highest BCUT2D eigenvalue weighted by Gasteiger charge is 2.50. The van der Waals surface area contributed by atoms with Crippen molar-refractivity contribution < 1.29 is 17.9 Å².